The van der Waals surface area contributed by atoms with Crippen molar-refractivity contribution in [2.45, 2.75) is 50.2 Å². The minimum atomic E-state index is -3.95. The molecule has 0 saturated heterocycles. The van der Waals surface area contributed by atoms with Crippen molar-refractivity contribution in [2.75, 3.05) is 7.11 Å². The third-order valence-corrected chi connectivity index (χ3v) is 7.59. The first kappa shape index (κ1) is 24.7. The summed E-state index contributed by atoms with van der Waals surface area (Å²) in [6.07, 6.45) is 3.72. The van der Waals surface area contributed by atoms with Crippen LogP contribution in [0.3, 0.4) is 0 Å². The standard InChI is InChI=1S/C22H29N3O7S/c1-14-7-5-6-8-17(14)23-33(29,30)19-11-15(9-10-18(19)31-4)21(27)32-13-16-12-20(26)25(3)22(28)24(16)2/h9-12,14,17,23H,5-8,13H2,1-4H3/t14-,17+/m0/s1. The number of methoxy groups -OCH3 is 1. The molecule has 0 spiro atoms. The van der Waals surface area contributed by atoms with E-state index < -0.39 is 27.2 Å². The fourth-order valence-corrected chi connectivity index (χ4v) is 5.48. The molecule has 1 saturated carbocycles. The number of hydrogen-bond donors (Lipinski definition) is 1. The number of nitrogens with one attached hydrogen (secondary N) is 1. The highest BCUT2D eigenvalue weighted by molar-refractivity contribution is 7.89. The molecule has 1 fully saturated rings. The first-order chi connectivity index (χ1) is 15.5. The average Bonchev–Trinajstić information content (AvgIpc) is 2.79. The van der Waals surface area contributed by atoms with E-state index in [1.807, 2.05) is 6.92 Å². The molecule has 1 N–H and O–H groups in total. The molecule has 1 aromatic heterocycles. The molecule has 1 aromatic carbocycles. The Labute approximate surface area is 192 Å². The largest absolute Gasteiger partial charge is 0.495 e. The lowest BCUT2D eigenvalue weighted by Gasteiger charge is -2.29. The third kappa shape index (κ3) is 5.36. The highest BCUT2D eigenvalue weighted by Crippen LogP contribution is 2.29. The van der Waals surface area contributed by atoms with Crippen molar-refractivity contribution < 1.29 is 22.7 Å². The van der Waals surface area contributed by atoms with Gasteiger partial charge in [-0.2, -0.15) is 0 Å². The first-order valence-corrected chi connectivity index (χ1v) is 12.2. The van der Waals surface area contributed by atoms with Crippen molar-refractivity contribution in [2.24, 2.45) is 20.0 Å². The fourth-order valence-electron chi connectivity index (χ4n) is 3.91. The van der Waals surface area contributed by atoms with Crippen LogP contribution < -0.4 is 20.7 Å². The molecule has 2 aromatic rings. The molecule has 180 valence electrons. The summed E-state index contributed by atoms with van der Waals surface area (Å²) in [5.74, 6) is -0.484. The molecule has 3 rings (SSSR count). The van der Waals surface area contributed by atoms with Crippen LogP contribution in [0, 0.1) is 5.92 Å². The van der Waals surface area contributed by atoms with Crippen LogP contribution in [-0.2, 0) is 35.5 Å². The van der Waals surface area contributed by atoms with Gasteiger partial charge in [-0.3, -0.25) is 13.9 Å². The van der Waals surface area contributed by atoms with Crippen LogP contribution in [0.4, 0.5) is 0 Å². The van der Waals surface area contributed by atoms with Crippen LogP contribution in [0.15, 0.2) is 38.8 Å². The van der Waals surface area contributed by atoms with Gasteiger partial charge in [-0.1, -0.05) is 19.8 Å². The van der Waals surface area contributed by atoms with Crippen molar-refractivity contribution >= 4 is 16.0 Å². The highest BCUT2D eigenvalue weighted by atomic mass is 32.2. The Hall–Kier alpha value is -2.92. The zero-order valence-electron chi connectivity index (χ0n) is 19.2. The summed E-state index contributed by atoms with van der Waals surface area (Å²) in [6.45, 7) is 1.69. The number of rotatable bonds is 7. The average molecular weight is 480 g/mol. The van der Waals surface area contributed by atoms with Crippen LogP contribution in [0.2, 0.25) is 0 Å². The van der Waals surface area contributed by atoms with Gasteiger partial charge in [-0.05, 0) is 37.0 Å². The van der Waals surface area contributed by atoms with Gasteiger partial charge in [0.05, 0.1) is 18.4 Å². The predicted octanol–water partition coefficient (Wildman–Crippen LogP) is 1.31. The molecule has 0 bridgehead atoms. The lowest BCUT2D eigenvalue weighted by atomic mass is 9.87. The van der Waals surface area contributed by atoms with Gasteiger partial charge in [-0.25, -0.2) is 22.7 Å². The third-order valence-electron chi connectivity index (χ3n) is 6.08. The minimum absolute atomic E-state index is 0.00158. The lowest BCUT2D eigenvalue weighted by Crippen LogP contribution is -2.41. The zero-order chi connectivity index (χ0) is 24.3. The Morgan fingerprint density at radius 2 is 1.82 bits per heavy atom. The van der Waals surface area contributed by atoms with Crippen molar-refractivity contribution in [1.29, 1.82) is 0 Å². The van der Waals surface area contributed by atoms with E-state index in [-0.39, 0.29) is 40.5 Å². The number of carbonyl (C=O) groups excluding carboxylic acids is 1. The molecule has 1 heterocycles. The summed E-state index contributed by atoms with van der Waals surface area (Å²) in [6, 6.07) is 5.01. The summed E-state index contributed by atoms with van der Waals surface area (Å²) < 4.78 is 41.6. The van der Waals surface area contributed by atoms with Crippen molar-refractivity contribution in [1.82, 2.24) is 13.9 Å². The Bertz CT molecular complexity index is 1260. The SMILES string of the molecule is COc1ccc(C(=O)OCc2cc(=O)n(C)c(=O)n2C)cc1S(=O)(=O)N[C@@H]1CCCC[C@@H]1C. The number of esters is 1. The van der Waals surface area contributed by atoms with Gasteiger partial charge in [0.1, 0.15) is 17.3 Å². The van der Waals surface area contributed by atoms with E-state index in [4.69, 9.17) is 9.47 Å². The number of hydrogen-bond acceptors (Lipinski definition) is 7. The normalized spacial score (nSPS) is 18.7. The van der Waals surface area contributed by atoms with Gasteiger partial charge >= 0.3 is 11.7 Å². The fraction of sp³-hybridized carbons (Fsp3) is 0.500. The van der Waals surface area contributed by atoms with E-state index in [9.17, 15) is 22.8 Å². The number of sulfonamides is 1. The summed E-state index contributed by atoms with van der Waals surface area (Å²) in [7, 11) is 0.208. The van der Waals surface area contributed by atoms with E-state index in [1.165, 1.54) is 50.0 Å². The van der Waals surface area contributed by atoms with E-state index in [0.29, 0.717) is 0 Å². The molecule has 1 aliphatic carbocycles. The molecule has 0 radical (unpaired) electrons. The van der Waals surface area contributed by atoms with E-state index >= 15 is 0 Å². The molecule has 0 amide bonds. The number of benzene rings is 1. The van der Waals surface area contributed by atoms with Crippen LogP contribution in [0.1, 0.15) is 48.7 Å². The molecule has 0 unspecified atom stereocenters. The Balaban J connectivity index is 1.83. The van der Waals surface area contributed by atoms with E-state index in [1.54, 1.807) is 0 Å². The van der Waals surface area contributed by atoms with Gasteiger partial charge in [0.15, 0.2) is 0 Å². The van der Waals surface area contributed by atoms with Crippen molar-refractivity contribution in [3.05, 3.63) is 56.4 Å². The Morgan fingerprint density at radius 3 is 2.48 bits per heavy atom. The number of ether oxygens (including phenoxy) is 2. The second-order valence-electron chi connectivity index (χ2n) is 8.31. The molecule has 33 heavy (non-hydrogen) atoms. The Morgan fingerprint density at radius 1 is 1.12 bits per heavy atom. The number of aromatic nitrogens is 2. The summed E-state index contributed by atoms with van der Waals surface area (Å²) >= 11 is 0. The topological polar surface area (TPSA) is 126 Å². The smallest absolute Gasteiger partial charge is 0.338 e. The maximum absolute atomic E-state index is 13.1. The van der Waals surface area contributed by atoms with Gasteiger partial charge in [0.25, 0.3) is 5.56 Å². The molecule has 10 nitrogen and oxygen atoms in total. The molecule has 1 aliphatic rings. The van der Waals surface area contributed by atoms with Gasteiger partial charge in [0.2, 0.25) is 10.0 Å². The maximum Gasteiger partial charge on any atom is 0.338 e. The second kappa shape index (κ2) is 9.92. The second-order valence-corrected chi connectivity index (χ2v) is 9.99. The number of carbonyl (C=O) groups is 1. The van der Waals surface area contributed by atoms with Crippen LogP contribution in [-0.4, -0.2) is 36.7 Å². The molecule has 11 heteroatoms. The first-order valence-electron chi connectivity index (χ1n) is 10.7. The Kier molecular flexibility index (Phi) is 7.43. The summed E-state index contributed by atoms with van der Waals surface area (Å²) in [5.41, 5.74) is -0.855. The highest BCUT2D eigenvalue weighted by Gasteiger charge is 2.29. The molecule has 0 aliphatic heterocycles. The van der Waals surface area contributed by atoms with Crippen LogP contribution >= 0.6 is 0 Å². The number of nitrogens with zero attached hydrogens (tertiary/aromatic N) is 2. The summed E-state index contributed by atoms with van der Waals surface area (Å²) in [5, 5.41) is 0. The van der Waals surface area contributed by atoms with Crippen LogP contribution in [0.5, 0.6) is 5.75 Å². The zero-order valence-corrected chi connectivity index (χ0v) is 20.0. The van der Waals surface area contributed by atoms with E-state index in [0.717, 1.165) is 30.3 Å². The quantitative estimate of drug-likeness (QED) is 0.594. The lowest BCUT2D eigenvalue weighted by molar-refractivity contribution is 0.0462. The van der Waals surface area contributed by atoms with Crippen LogP contribution in [0.25, 0.3) is 0 Å². The van der Waals surface area contributed by atoms with Gasteiger partial charge < -0.3 is 9.47 Å². The van der Waals surface area contributed by atoms with Gasteiger partial charge in [-0.15, -0.1) is 0 Å². The van der Waals surface area contributed by atoms with Gasteiger partial charge in [0, 0.05) is 26.2 Å². The molecule has 2 atom stereocenters. The van der Waals surface area contributed by atoms with Crippen molar-refractivity contribution in [3.63, 3.8) is 0 Å². The monoisotopic (exact) mass is 479 g/mol. The molecular weight excluding hydrogens is 450 g/mol. The molecular formula is C22H29N3O7S. The maximum atomic E-state index is 13.1. The minimum Gasteiger partial charge on any atom is -0.495 e. The summed E-state index contributed by atoms with van der Waals surface area (Å²) in [4.78, 5) is 36.4. The van der Waals surface area contributed by atoms with E-state index in [2.05, 4.69) is 4.72 Å². The van der Waals surface area contributed by atoms with Crippen molar-refractivity contribution in [3.8, 4) is 5.75 Å². The predicted molar refractivity (Wildman–Crippen MR) is 121 cm³/mol.